The lowest BCUT2D eigenvalue weighted by molar-refractivity contribution is 0.235. The number of aliphatic imine (C=N–C) groups is 1. The molecule has 0 amide bonds. The van der Waals surface area contributed by atoms with Crippen molar-refractivity contribution in [1.29, 1.82) is 0 Å². The fourth-order valence-electron chi connectivity index (χ4n) is 2.84. The molecule has 0 aliphatic carbocycles. The minimum absolute atomic E-state index is 0.0727. The second kappa shape index (κ2) is 8.34. The van der Waals surface area contributed by atoms with Crippen molar-refractivity contribution in [3.8, 4) is 5.75 Å². The number of hydrogen-bond donors (Lipinski definition) is 1. The van der Waals surface area contributed by atoms with Gasteiger partial charge in [0, 0.05) is 18.7 Å². The van der Waals surface area contributed by atoms with Gasteiger partial charge >= 0.3 is 0 Å². The number of ether oxygens (including phenoxy) is 1. The number of rotatable bonds is 5. The van der Waals surface area contributed by atoms with Gasteiger partial charge in [0.15, 0.2) is 0 Å². The van der Waals surface area contributed by atoms with E-state index >= 15 is 0 Å². The van der Waals surface area contributed by atoms with Gasteiger partial charge in [0.1, 0.15) is 11.6 Å². The lowest BCUT2D eigenvalue weighted by Crippen LogP contribution is -2.33. The summed E-state index contributed by atoms with van der Waals surface area (Å²) in [4.78, 5) is 7.43. The molecule has 0 saturated carbocycles. The molecule has 0 aromatic heterocycles. The highest BCUT2D eigenvalue weighted by molar-refractivity contribution is 5.95. The number of methoxy groups -OCH3 is 1. The number of amidine groups is 1. The Morgan fingerprint density at radius 1 is 1.13 bits per heavy atom. The fraction of sp³-hybridized carbons (Fsp3) is 0.632. The summed E-state index contributed by atoms with van der Waals surface area (Å²) in [7, 11) is 1.69. The molecule has 4 heteroatoms. The topological polar surface area (TPSA) is 36.9 Å². The molecule has 1 heterocycles. The summed E-state index contributed by atoms with van der Waals surface area (Å²) < 4.78 is 5.22. The van der Waals surface area contributed by atoms with E-state index in [1.807, 2.05) is 24.3 Å². The first-order valence-corrected chi connectivity index (χ1v) is 8.68. The predicted octanol–water partition coefficient (Wildman–Crippen LogP) is 4.18. The summed E-state index contributed by atoms with van der Waals surface area (Å²) in [5, 5.41) is 3.49. The van der Waals surface area contributed by atoms with E-state index in [1.165, 1.54) is 32.4 Å². The van der Waals surface area contributed by atoms with Crippen LogP contribution in [0.1, 0.15) is 46.5 Å². The van der Waals surface area contributed by atoms with E-state index in [0.29, 0.717) is 0 Å². The van der Waals surface area contributed by atoms with Gasteiger partial charge in [-0.3, -0.25) is 4.99 Å². The first kappa shape index (κ1) is 17.8. The molecule has 1 aliphatic heterocycles. The molecule has 23 heavy (non-hydrogen) atoms. The Labute approximate surface area is 140 Å². The second-order valence-corrected chi connectivity index (χ2v) is 7.24. The summed E-state index contributed by atoms with van der Waals surface area (Å²) in [5.74, 6) is 1.94. The molecule has 0 unspecified atom stereocenters. The van der Waals surface area contributed by atoms with Crippen molar-refractivity contribution in [3.05, 3.63) is 24.3 Å². The molecule has 128 valence electrons. The Morgan fingerprint density at radius 2 is 1.78 bits per heavy atom. The number of anilines is 1. The molecule has 0 spiro atoms. The second-order valence-electron chi connectivity index (χ2n) is 7.24. The average molecular weight is 317 g/mol. The van der Waals surface area contributed by atoms with Crippen LogP contribution in [0.5, 0.6) is 5.75 Å². The zero-order chi connectivity index (χ0) is 16.7. The minimum atomic E-state index is -0.0727. The molecule has 1 aliphatic rings. The maximum Gasteiger partial charge on any atom is 0.119 e. The van der Waals surface area contributed by atoms with E-state index in [1.54, 1.807) is 7.11 Å². The van der Waals surface area contributed by atoms with E-state index in [-0.39, 0.29) is 5.54 Å². The third kappa shape index (κ3) is 6.61. The van der Waals surface area contributed by atoms with Crippen molar-refractivity contribution >= 4 is 11.5 Å². The van der Waals surface area contributed by atoms with Gasteiger partial charge in [-0.1, -0.05) is 6.42 Å². The molecule has 1 fully saturated rings. The Kier molecular flexibility index (Phi) is 6.46. The summed E-state index contributed by atoms with van der Waals surface area (Å²) in [6, 6.07) is 8.03. The molecule has 4 nitrogen and oxygen atoms in total. The van der Waals surface area contributed by atoms with Gasteiger partial charge in [0.2, 0.25) is 0 Å². The smallest absolute Gasteiger partial charge is 0.119 e. The van der Waals surface area contributed by atoms with Crippen molar-refractivity contribution in [3.63, 3.8) is 0 Å². The van der Waals surface area contributed by atoms with Gasteiger partial charge in [-0.05, 0) is 71.0 Å². The number of hydrogen-bond acceptors (Lipinski definition) is 3. The van der Waals surface area contributed by atoms with Gasteiger partial charge in [0.25, 0.3) is 0 Å². The van der Waals surface area contributed by atoms with E-state index in [0.717, 1.165) is 30.2 Å². The molecule has 0 radical (unpaired) electrons. The van der Waals surface area contributed by atoms with Crippen LogP contribution in [-0.2, 0) is 0 Å². The third-order valence-electron chi connectivity index (χ3n) is 3.96. The highest BCUT2D eigenvalue weighted by Gasteiger charge is 2.14. The van der Waals surface area contributed by atoms with Gasteiger partial charge < -0.3 is 15.0 Å². The first-order valence-electron chi connectivity index (χ1n) is 8.68. The molecule has 1 saturated heterocycles. The van der Waals surface area contributed by atoms with E-state index in [4.69, 9.17) is 9.73 Å². The number of benzene rings is 1. The Hall–Kier alpha value is -1.55. The zero-order valence-corrected chi connectivity index (χ0v) is 15.1. The van der Waals surface area contributed by atoms with E-state index in [2.05, 4.69) is 31.0 Å². The number of piperidine rings is 1. The molecular weight excluding hydrogens is 286 g/mol. The van der Waals surface area contributed by atoms with E-state index < -0.39 is 0 Å². The number of nitrogens with zero attached hydrogens (tertiary/aromatic N) is 2. The number of nitrogens with one attached hydrogen (secondary N) is 1. The Balaban J connectivity index is 1.99. The van der Waals surface area contributed by atoms with Gasteiger partial charge in [-0.15, -0.1) is 0 Å². The lowest BCUT2D eigenvalue weighted by atomic mass is 10.1. The minimum Gasteiger partial charge on any atom is -0.497 e. The molecule has 2 rings (SSSR count). The fourth-order valence-corrected chi connectivity index (χ4v) is 2.84. The predicted molar refractivity (Wildman–Crippen MR) is 98.7 cm³/mol. The van der Waals surface area contributed by atoms with Crippen LogP contribution in [0.2, 0.25) is 0 Å². The van der Waals surface area contributed by atoms with Crippen LogP contribution in [0.15, 0.2) is 29.3 Å². The van der Waals surface area contributed by atoms with Crippen molar-refractivity contribution in [2.75, 3.05) is 32.1 Å². The maximum atomic E-state index is 5.22. The quantitative estimate of drug-likeness (QED) is 0.654. The summed E-state index contributed by atoms with van der Waals surface area (Å²) in [6.45, 7) is 9.96. The standard InChI is InChI=1S/C19H31N3O/c1-19(2,3)21-18(12-15-22-13-6-5-7-14-22)20-16-8-10-17(23-4)11-9-16/h8-11H,5-7,12-15H2,1-4H3,(H,20,21). The van der Waals surface area contributed by atoms with Crippen molar-refractivity contribution in [2.45, 2.75) is 52.0 Å². The van der Waals surface area contributed by atoms with Crippen molar-refractivity contribution < 1.29 is 4.74 Å². The van der Waals surface area contributed by atoms with Crippen LogP contribution in [-0.4, -0.2) is 43.0 Å². The third-order valence-corrected chi connectivity index (χ3v) is 3.96. The van der Waals surface area contributed by atoms with Crippen LogP contribution in [0.25, 0.3) is 0 Å². The van der Waals surface area contributed by atoms with Gasteiger partial charge in [-0.25, -0.2) is 0 Å². The largest absolute Gasteiger partial charge is 0.497 e. The Bertz CT molecular complexity index is 496. The normalized spacial score (nSPS) is 17.1. The van der Waals surface area contributed by atoms with Crippen LogP contribution >= 0.6 is 0 Å². The molecule has 1 aromatic rings. The van der Waals surface area contributed by atoms with Crippen LogP contribution in [0, 0.1) is 0 Å². The molecule has 0 bridgehead atoms. The van der Waals surface area contributed by atoms with Gasteiger partial charge in [-0.2, -0.15) is 0 Å². The summed E-state index contributed by atoms with van der Waals surface area (Å²) in [6.07, 6.45) is 5.00. The Morgan fingerprint density at radius 3 is 2.35 bits per heavy atom. The average Bonchev–Trinajstić information content (AvgIpc) is 2.53. The molecular formula is C19H31N3O. The van der Waals surface area contributed by atoms with Gasteiger partial charge in [0.05, 0.1) is 12.6 Å². The molecule has 0 atom stereocenters. The lowest BCUT2D eigenvalue weighted by Gasteiger charge is -2.27. The molecule has 1 N–H and O–H groups in total. The monoisotopic (exact) mass is 317 g/mol. The van der Waals surface area contributed by atoms with Crippen LogP contribution in [0.4, 0.5) is 5.69 Å². The summed E-state index contributed by atoms with van der Waals surface area (Å²) in [5.41, 5.74) is 0.990. The zero-order valence-electron chi connectivity index (χ0n) is 15.1. The maximum absolute atomic E-state index is 5.22. The highest BCUT2D eigenvalue weighted by Crippen LogP contribution is 2.17. The van der Waals surface area contributed by atoms with Crippen molar-refractivity contribution in [2.24, 2.45) is 4.99 Å². The summed E-state index contributed by atoms with van der Waals surface area (Å²) >= 11 is 0. The van der Waals surface area contributed by atoms with Crippen LogP contribution < -0.4 is 10.1 Å². The first-order chi connectivity index (χ1) is 11.0. The van der Waals surface area contributed by atoms with Crippen molar-refractivity contribution in [1.82, 2.24) is 4.90 Å². The van der Waals surface area contributed by atoms with Crippen LogP contribution in [0.3, 0.4) is 0 Å². The molecule has 1 aromatic carbocycles. The van der Waals surface area contributed by atoms with E-state index in [9.17, 15) is 0 Å². The highest BCUT2D eigenvalue weighted by atomic mass is 16.5. The number of likely N-dealkylation sites (tertiary alicyclic amines) is 1. The SMILES string of the molecule is COc1ccc(NC(CCN2CCCCC2)=NC(C)(C)C)cc1.